The van der Waals surface area contributed by atoms with Crippen molar-refractivity contribution < 1.29 is 9.53 Å². The number of carbonyl (C=O) groups is 1. The molecule has 2 atom stereocenters. The van der Waals surface area contributed by atoms with Crippen LogP contribution in [-0.4, -0.2) is 43.2 Å². The SMILES string of the molecule is COCC(N)C(=O)N1CCCCCC1C.Cl. The number of hydrogen-bond acceptors (Lipinski definition) is 3. The lowest BCUT2D eigenvalue weighted by Gasteiger charge is -2.29. The molecule has 1 amide bonds. The Hall–Kier alpha value is -0.320. The predicted molar refractivity (Wildman–Crippen MR) is 66.7 cm³/mol. The van der Waals surface area contributed by atoms with Gasteiger partial charge in [0.25, 0.3) is 0 Å². The van der Waals surface area contributed by atoms with Gasteiger partial charge in [0.05, 0.1) is 6.61 Å². The van der Waals surface area contributed by atoms with Gasteiger partial charge in [0, 0.05) is 19.7 Å². The van der Waals surface area contributed by atoms with Crippen LogP contribution in [0.25, 0.3) is 0 Å². The molecule has 0 aromatic carbocycles. The summed E-state index contributed by atoms with van der Waals surface area (Å²) < 4.78 is 4.91. The quantitative estimate of drug-likeness (QED) is 0.818. The molecule has 0 aromatic rings. The van der Waals surface area contributed by atoms with Crippen molar-refractivity contribution in [1.82, 2.24) is 4.90 Å². The fraction of sp³-hybridized carbons (Fsp3) is 0.909. The third-order valence-corrected chi connectivity index (χ3v) is 3.00. The largest absolute Gasteiger partial charge is 0.383 e. The van der Waals surface area contributed by atoms with Crippen LogP contribution in [0.5, 0.6) is 0 Å². The van der Waals surface area contributed by atoms with E-state index in [2.05, 4.69) is 6.92 Å². The summed E-state index contributed by atoms with van der Waals surface area (Å²) in [5.74, 6) is 0.0336. The summed E-state index contributed by atoms with van der Waals surface area (Å²) in [6.07, 6.45) is 4.61. The molecule has 0 bridgehead atoms. The molecule has 4 nitrogen and oxygen atoms in total. The molecule has 0 saturated carbocycles. The van der Waals surface area contributed by atoms with Gasteiger partial charge in [0.15, 0.2) is 0 Å². The van der Waals surface area contributed by atoms with Gasteiger partial charge in [-0.1, -0.05) is 12.8 Å². The highest BCUT2D eigenvalue weighted by atomic mass is 35.5. The molecule has 1 saturated heterocycles. The van der Waals surface area contributed by atoms with Crippen molar-refractivity contribution in [1.29, 1.82) is 0 Å². The van der Waals surface area contributed by atoms with E-state index < -0.39 is 6.04 Å². The van der Waals surface area contributed by atoms with Crippen molar-refractivity contribution in [3.8, 4) is 0 Å². The lowest BCUT2D eigenvalue weighted by atomic mass is 10.1. The first kappa shape index (κ1) is 15.7. The lowest BCUT2D eigenvalue weighted by molar-refractivity contribution is -0.135. The molecule has 0 aliphatic carbocycles. The van der Waals surface area contributed by atoms with E-state index in [4.69, 9.17) is 10.5 Å². The summed E-state index contributed by atoms with van der Waals surface area (Å²) in [7, 11) is 1.57. The Morgan fingerprint density at radius 2 is 2.19 bits per heavy atom. The number of nitrogens with zero attached hydrogens (tertiary/aromatic N) is 1. The van der Waals surface area contributed by atoms with E-state index in [0.717, 1.165) is 19.4 Å². The van der Waals surface area contributed by atoms with Crippen molar-refractivity contribution in [2.75, 3.05) is 20.3 Å². The first-order chi connectivity index (χ1) is 7.16. The van der Waals surface area contributed by atoms with Crippen LogP contribution in [-0.2, 0) is 9.53 Å². The minimum Gasteiger partial charge on any atom is -0.383 e. The van der Waals surface area contributed by atoms with Crippen LogP contribution in [0.4, 0.5) is 0 Å². The van der Waals surface area contributed by atoms with Crippen LogP contribution in [0, 0.1) is 0 Å². The monoisotopic (exact) mass is 250 g/mol. The number of likely N-dealkylation sites (tertiary alicyclic amines) is 1. The Labute approximate surface area is 104 Å². The van der Waals surface area contributed by atoms with Gasteiger partial charge >= 0.3 is 0 Å². The normalized spacial score (nSPS) is 23.2. The minimum atomic E-state index is -0.504. The van der Waals surface area contributed by atoms with Gasteiger partial charge in [0.2, 0.25) is 5.91 Å². The van der Waals surface area contributed by atoms with Gasteiger partial charge in [-0.3, -0.25) is 4.79 Å². The number of nitrogens with two attached hydrogens (primary N) is 1. The molecule has 1 heterocycles. The zero-order chi connectivity index (χ0) is 11.3. The predicted octanol–water partition coefficient (Wildman–Crippen LogP) is 1.17. The molecule has 1 fully saturated rings. The number of halogens is 1. The minimum absolute atomic E-state index is 0. The average molecular weight is 251 g/mol. The van der Waals surface area contributed by atoms with Gasteiger partial charge < -0.3 is 15.4 Å². The molecule has 1 aliphatic rings. The highest BCUT2D eigenvalue weighted by molar-refractivity contribution is 5.85. The molecule has 1 rings (SSSR count). The lowest BCUT2D eigenvalue weighted by Crippen LogP contribution is -2.49. The van der Waals surface area contributed by atoms with Crippen molar-refractivity contribution in [3.63, 3.8) is 0 Å². The third kappa shape index (κ3) is 4.28. The van der Waals surface area contributed by atoms with Crippen molar-refractivity contribution in [2.24, 2.45) is 5.73 Å². The van der Waals surface area contributed by atoms with Crippen LogP contribution in [0.3, 0.4) is 0 Å². The van der Waals surface area contributed by atoms with Gasteiger partial charge in [-0.15, -0.1) is 12.4 Å². The van der Waals surface area contributed by atoms with Crippen LogP contribution in [0.1, 0.15) is 32.6 Å². The number of carbonyl (C=O) groups excluding carboxylic acids is 1. The molecular weight excluding hydrogens is 228 g/mol. The summed E-state index contributed by atoms with van der Waals surface area (Å²) in [6, 6.07) is -0.182. The third-order valence-electron chi connectivity index (χ3n) is 3.00. The molecule has 2 unspecified atom stereocenters. The van der Waals surface area contributed by atoms with E-state index >= 15 is 0 Å². The van der Waals surface area contributed by atoms with Gasteiger partial charge in [0.1, 0.15) is 6.04 Å². The molecule has 0 radical (unpaired) electrons. The van der Waals surface area contributed by atoms with Gasteiger partial charge in [-0.25, -0.2) is 0 Å². The number of hydrogen-bond donors (Lipinski definition) is 1. The Balaban J connectivity index is 0.00000225. The zero-order valence-electron chi connectivity index (χ0n) is 10.1. The van der Waals surface area contributed by atoms with E-state index in [9.17, 15) is 4.79 Å². The van der Waals surface area contributed by atoms with E-state index in [-0.39, 0.29) is 18.3 Å². The van der Waals surface area contributed by atoms with Crippen molar-refractivity contribution in [2.45, 2.75) is 44.7 Å². The molecular formula is C11H23ClN2O2. The van der Waals surface area contributed by atoms with E-state index in [0.29, 0.717) is 12.6 Å². The van der Waals surface area contributed by atoms with Crippen molar-refractivity contribution >= 4 is 18.3 Å². The Kier molecular flexibility index (Phi) is 7.72. The Morgan fingerprint density at radius 1 is 1.50 bits per heavy atom. The van der Waals surface area contributed by atoms with Gasteiger partial charge in [-0.2, -0.15) is 0 Å². The van der Waals surface area contributed by atoms with E-state index in [1.54, 1.807) is 7.11 Å². The summed E-state index contributed by atoms with van der Waals surface area (Å²) in [6.45, 7) is 3.25. The standard InChI is InChI=1S/C11H22N2O2.ClH/c1-9-6-4-3-5-7-13(9)11(14)10(12)8-15-2;/h9-10H,3-8,12H2,1-2H3;1H. The highest BCUT2D eigenvalue weighted by Gasteiger charge is 2.25. The second-order valence-electron chi connectivity index (χ2n) is 4.29. The fourth-order valence-corrected chi connectivity index (χ4v) is 2.07. The second-order valence-corrected chi connectivity index (χ2v) is 4.29. The first-order valence-corrected chi connectivity index (χ1v) is 5.71. The van der Waals surface area contributed by atoms with Crippen LogP contribution in [0.2, 0.25) is 0 Å². The maximum absolute atomic E-state index is 12.0. The van der Waals surface area contributed by atoms with Crippen LogP contribution in [0.15, 0.2) is 0 Å². The van der Waals surface area contributed by atoms with Crippen LogP contribution >= 0.6 is 12.4 Å². The smallest absolute Gasteiger partial charge is 0.242 e. The van der Waals surface area contributed by atoms with Gasteiger partial charge in [-0.05, 0) is 19.8 Å². The van der Waals surface area contributed by atoms with Crippen molar-refractivity contribution in [3.05, 3.63) is 0 Å². The summed E-state index contributed by atoms with van der Waals surface area (Å²) in [5, 5.41) is 0. The summed E-state index contributed by atoms with van der Waals surface area (Å²) in [5.41, 5.74) is 5.76. The second kappa shape index (κ2) is 7.87. The fourth-order valence-electron chi connectivity index (χ4n) is 2.07. The molecule has 96 valence electrons. The number of rotatable bonds is 3. The number of methoxy groups -OCH3 is 1. The maximum atomic E-state index is 12.0. The average Bonchev–Trinajstić information content (AvgIpc) is 2.42. The molecule has 0 spiro atoms. The van der Waals surface area contributed by atoms with E-state index in [1.165, 1.54) is 12.8 Å². The summed E-state index contributed by atoms with van der Waals surface area (Å²) in [4.78, 5) is 13.9. The topological polar surface area (TPSA) is 55.6 Å². The number of amides is 1. The van der Waals surface area contributed by atoms with Crippen LogP contribution < -0.4 is 5.73 Å². The highest BCUT2D eigenvalue weighted by Crippen LogP contribution is 2.16. The molecule has 1 aliphatic heterocycles. The molecule has 16 heavy (non-hydrogen) atoms. The molecule has 0 aromatic heterocycles. The Bertz CT molecular complexity index is 214. The summed E-state index contributed by atoms with van der Waals surface area (Å²) >= 11 is 0. The zero-order valence-corrected chi connectivity index (χ0v) is 11.0. The number of ether oxygens (including phenoxy) is 1. The first-order valence-electron chi connectivity index (χ1n) is 5.71. The van der Waals surface area contributed by atoms with E-state index in [1.807, 2.05) is 4.90 Å². The maximum Gasteiger partial charge on any atom is 0.242 e. The Morgan fingerprint density at radius 3 is 2.81 bits per heavy atom. The molecule has 5 heteroatoms. The molecule has 2 N–H and O–H groups in total.